The summed E-state index contributed by atoms with van der Waals surface area (Å²) in [7, 11) is 0. The van der Waals surface area contributed by atoms with Gasteiger partial charge in [0.2, 0.25) is 11.8 Å². The SMILES string of the molecule is O=C(NC(=O)C(Cc1ccccc1)NCCCCNC(Cc1ccccc1)C(=O)NC(=O)c1ccncc1)c1ccncc1. The number of aromatic nitrogens is 2. The normalized spacial score (nSPS) is 12.1. The Morgan fingerprint density at radius 3 is 1.25 bits per heavy atom. The van der Waals surface area contributed by atoms with Gasteiger partial charge in [-0.15, -0.1) is 0 Å². The molecular formula is C34H36N6O4. The second kappa shape index (κ2) is 17.2. The number of carbonyl (C=O) groups excluding carboxylic acids is 4. The highest BCUT2D eigenvalue weighted by molar-refractivity contribution is 6.06. The van der Waals surface area contributed by atoms with Crippen molar-refractivity contribution in [2.45, 2.75) is 37.8 Å². The maximum atomic E-state index is 13.1. The maximum Gasteiger partial charge on any atom is 0.257 e. The van der Waals surface area contributed by atoms with E-state index in [4.69, 9.17) is 0 Å². The lowest BCUT2D eigenvalue weighted by Gasteiger charge is -2.20. The molecule has 2 heterocycles. The van der Waals surface area contributed by atoms with Crippen LogP contribution in [0, 0.1) is 0 Å². The van der Waals surface area contributed by atoms with Crippen molar-refractivity contribution in [1.29, 1.82) is 0 Å². The van der Waals surface area contributed by atoms with Gasteiger partial charge in [0.25, 0.3) is 11.8 Å². The van der Waals surface area contributed by atoms with Crippen molar-refractivity contribution in [3.05, 3.63) is 132 Å². The number of hydrogen-bond donors (Lipinski definition) is 4. The first-order chi connectivity index (χ1) is 21.5. The summed E-state index contributed by atoms with van der Waals surface area (Å²) in [5.74, 6) is -1.78. The van der Waals surface area contributed by atoms with Crippen molar-refractivity contribution < 1.29 is 19.2 Å². The molecule has 0 saturated heterocycles. The summed E-state index contributed by atoms with van der Waals surface area (Å²) >= 11 is 0. The molecule has 0 aliphatic heterocycles. The zero-order valence-electron chi connectivity index (χ0n) is 24.3. The number of carbonyl (C=O) groups is 4. The van der Waals surface area contributed by atoms with Crippen LogP contribution in [0.25, 0.3) is 0 Å². The number of pyridine rings is 2. The predicted molar refractivity (Wildman–Crippen MR) is 167 cm³/mol. The second-order valence-corrected chi connectivity index (χ2v) is 10.2. The van der Waals surface area contributed by atoms with Crippen LogP contribution in [-0.4, -0.2) is 58.8 Å². The fourth-order valence-corrected chi connectivity index (χ4v) is 4.57. The minimum absolute atomic E-state index is 0.356. The number of nitrogens with zero attached hydrogens (tertiary/aromatic N) is 2. The molecule has 226 valence electrons. The Hall–Kier alpha value is -5.06. The zero-order chi connectivity index (χ0) is 31.0. The van der Waals surface area contributed by atoms with Crippen LogP contribution in [0.3, 0.4) is 0 Å². The van der Waals surface area contributed by atoms with Gasteiger partial charge in [-0.25, -0.2) is 0 Å². The number of amides is 4. The van der Waals surface area contributed by atoms with E-state index in [1.807, 2.05) is 60.7 Å². The first-order valence-electron chi connectivity index (χ1n) is 14.5. The molecule has 0 saturated carbocycles. The van der Waals surface area contributed by atoms with Crippen molar-refractivity contribution in [2.24, 2.45) is 0 Å². The standard InChI is InChI=1S/C34H36N6O4/c41-31(27-13-19-35-20-14-27)39-33(43)29(23-25-9-3-1-4-10-25)37-17-7-8-18-38-30(24-26-11-5-2-6-12-26)34(44)40-32(42)28-15-21-36-22-16-28/h1-6,9-16,19-22,29-30,37-38H,7-8,17-18,23-24H2,(H,39,41,43)(H,40,42,44). The summed E-state index contributed by atoms with van der Waals surface area (Å²) in [4.78, 5) is 59.1. The molecule has 2 aromatic carbocycles. The Bertz CT molecular complexity index is 1370. The van der Waals surface area contributed by atoms with Crippen molar-refractivity contribution in [3.63, 3.8) is 0 Å². The molecule has 44 heavy (non-hydrogen) atoms. The Labute approximate surface area is 256 Å². The average Bonchev–Trinajstić information content (AvgIpc) is 3.06. The van der Waals surface area contributed by atoms with Gasteiger partial charge in [0.15, 0.2) is 0 Å². The first kappa shape index (κ1) is 31.9. The molecule has 0 aliphatic carbocycles. The quantitative estimate of drug-likeness (QED) is 0.154. The van der Waals surface area contributed by atoms with Crippen LogP contribution < -0.4 is 21.3 Å². The summed E-state index contributed by atoms with van der Waals surface area (Å²) < 4.78 is 0. The smallest absolute Gasteiger partial charge is 0.257 e. The van der Waals surface area contributed by atoms with Crippen LogP contribution in [0.15, 0.2) is 110 Å². The van der Waals surface area contributed by atoms with Gasteiger partial charge >= 0.3 is 0 Å². The van der Waals surface area contributed by atoms with Gasteiger partial charge in [-0.05, 0) is 74.2 Å². The molecule has 4 amide bonds. The number of rotatable bonds is 15. The Balaban J connectivity index is 1.29. The summed E-state index contributed by atoms with van der Waals surface area (Å²) in [6, 6.07) is 24.2. The molecule has 4 rings (SSSR count). The average molecular weight is 593 g/mol. The minimum atomic E-state index is -0.619. The molecule has 0 radical (unpaired) electrons. The fraction of sp³-hybridized carbons (Fsp3) is 0.235. The van der Waals surface area contributed by atoms with Crippen LogP contribution in [0.2, 0.25) is 0 Å². The molecule has 10 heteroatoms. The van der Waals surface area contributed by atoms with Gasteiger partial charge in [0.1, 0.15) is 0 Å². The third-order valence-electron chi connectivity index (χ3n) is 6.94. The highest BCUT2D eigenvalue weighted by Crippen LogP contribution is 2.07. The Morgan fingerprint density at radius 1 is 0.523 bits per heavy atom. The van der Waals surface area contributed by atoms with Crippen LogP contribution in [0.1, 0.15) is 44.7 Å². The van der Waals surface area contributed by atoms with Crippen LogP contribution in [0.4, 0.5) is 0 Å². The van der Waals surface area contributed by atoms with E-state index in [0.717, 1.165) is 11.1 Å². The highest BCUT2D eigenvalue weighted by Gasteiger charge is 2.23. The van der Waals surface area contributed by atoms with Gasteiger partial charge in [-0.2, -0.15) is 0 Å². The molecule has 2 aromatic heterocycles. The number of unbranched alkanes of at least 4 members (excludes halogenated alkanes) is 1. The lowest BCUT2D eigenvalue weighted by atomic mass is 10.0. The van der Waals surface area contributed by atoms with Gasteiger partial charge in [-0.3, -0.25) is 39.8 Å². The molecule has 10 nitrogen and oxygen atoms in total. The lowest BCUT2D eigenvalue weighted by Crippen LogP contribution is -2.48. The topological polar surface area (TPSA) is 142 Å². The Kier molecular flexibility index (Phi) is 12.4. The molecule has 0 aliphatic rings. The highest BCUT2D eigenvalue weighted by atomic mass is 16.2. The monoisotopic (exact) mass is 592 g/mol. The molecule has 0 bridgehead atoms. The summed E-state index contributed by atoms with van der Waals surface area (Å²) in [6.07, 6.45) is 8.25. The van der Waals surface area contributed by atoms with E-state index < -0.39 is 35.7 Å². The summed E-state index contributed by atoms with van der Waals surface area (Å²) in [5.41, 5.74) is 2.65. The molecule has 0 spiro atoms. The number of benzene rings is 2. The van der Waals surface area contributed by atoms with Crippen molar-refractivity contribution >= 4 is 23.6 Å². The largest absolute Gasteiger partial charge is 0.306 e. The molecule has 2 unspecified atom stereocenters. The van der Waals surface area contributed by atoms with Crippen LogP contribution >= 0.6 is 0 Å². The van der Waals surface area contributed by atoms with Crippen LogP contribution in [0.5, 0.6) is 0 Å². The van der Waals surface area contributed by atoms with E-state index in [1.165, 1.54) is 24.8 Å². The van der Waals surface area contributed by atoms with Gasteiger partial charge in [-0.1, -0.05) is 60.7 Å². The summed E-state index contributed by atoms with van der Waals surface area (Å²) in [6.45, 7) is 1.04. The number of nitrogens with one attached hydrogen (secondary N) is 4. The van der Waals surface area contributed by atoms with E-state index >= 15 is 0 Å². The second-order valence-electron chi connectivity index (χ2n) is 10.2. The third-order valence-corrected chi connectivity index (χ3v) is 6.94. The van der Waals surface area contributed by atoms with Gasteiger partial charge in [0, 0.05) is 35.9 Å². The van der Waals surface area contributed by atoms with E-state index in [1.54, 1.807) is 24.3 Å². The minimum Gasteiger partial charge on any atom is -0.306 e. The molecular weight excluding hydrogens is 556 g/mol. The van der Waals surface area contributed by atoms with Gasteiger partial charge in [0.05, 0.1) is 12.1 Å². The first-order valence-corrected chi connectivity index (χ1v) is 14.5. The van der Waals surface area contributed by atoms with E-state index in [-0.39, 0.29) is 0 Å². The number of imide groups is 2. The molecule has 4 aromatic rings. The van der Waals surface area contributed by atoms with E-state index in [0.29, 0.717) is 49.9 Å². The fourth-order valence-electron chi connectivity index (χ4n) is 4.57. The molecule has 4 N–H and O–H groups in total. The molecule has 0 fully saturated rings. The molecule has 2 atom stereocenters. The third kappa shape index (κ3) is 10.3. The lowest BCUT2D eigenvalue weighted by molar-refractivity contribution is -0.123. The Morgan fingerprint density at radius 2 is 0.886 bits per heavy atom. The van der Waals surface area contributed by atoms with Crippen LogP contribution in [-0.2, 0) is 22.4 Å². The number of hydrogen-bond acceptors (Lipinski definition) is 8. The van der Waals surface area contributed by atoms with Crippen molar-refractivity contribution in [3.8, 4) is 0 Å². The van der Waals surface area contributed by atoms with Crippen molar-refractivity contribution in [1.82, 2.24) is 31.2 Å². The zero-order valence-corrected chi connectivity index (χ0v) is 24.3. The van der Waals surface area contributed by atoms with Crippen molar-refractivity contribution in [2.75, 3.05) is 13.1 Å². The summed E-state index contributed by atoms with van der Waals surface area (Å²) in [5, 5.41) is 11.6. The maximum absolute atomic E-state index is 13.1. The van der Waals surface area contributed by atoms with E-state index in [2.05, 4.69) is 31.2 Å². The van der Waals surface area contributed by atoms with E-state index in [9.17, 15) is 19.2 Å². The predicted octanol–water partition coefficient (Wildman–Crippen LogP) is 2.87. The van der Waals surface area contributed by atoms with Gasteiger partial charge < -0.3 is 10.6 Å².